The van der Waals surface area contributed by atoms with E-state index in [1.54, 1.807) is 18.5 Å². The summed E-state index contributed by atoms with van der Waals surface area (Å²) in [5.41, 5.74) is 11.2. The number of nitrogen functional groups attached to an aromatic ring is 1. The first-order valence-corrected chi connectivity index (χ1v) is 5.17. The molecule has 2 aromatic heterocycles. The van der Waals surface area contributed by atoms with Crippen molar-refractivity contribution in [1.29, 1.82) is 0 Å². The van der Waals surface area contributed by atoms with Crippen LogP contribution in [-0.2, 0) is 0 Å². The van der Waals surface area contributed by atoms with Crippen LogP contribution in [0.3, 0.4) is 0 Å². The molecule has 0 spiro atoms. The summed E-state index contributed by atoms with van der Waals surface area (Å²) >= 11 is 0. The van der Waals surface area contributed by atoms with Gasteiger partial charge in [0.25, 0.3) is 0 Å². The third kappa shape index (κ3) is 2.22. The monoisotopic (exact) mass is 230 g/mol. The Balaban J connectivity index is 2.50. The Kier molecular flexibility index (Phi) is 3.27. The van der Waals surface area contributed by atoms with Gasteiger partial charge in [-0.05, 0) is 24.6 Å². The SMILES string of the molecule is Cc1ccnc(N)c1C(NN)c1ccncn1. The van der Waals surface area contributed by atoms with Crippen LogP contribution in [0.1, 0.15) is 22.9 Å². The molecule has 17 heavy (non-hydrogen) atoms. The number of pyridine rings is 1. The Bertz CT molecular complexity index is 478. The van der Waals surface area contributed by atoms with Crippen molar-refractivity contribution in [1.82, 2.24) is 20.4 Å². The zero-order valence-electron chi connectivity index (χ0n) is 9.46. The van der Waals surface area contributed by atoms with Crippen molar-refractivity contribution < 1.29 is 0 Å². The summed E-state index contributed by atoms with van der Waals surface area (Å²) in [7, 11) is 0. The number of anilines is 1. The largest absolute Gasteiger partial charge is 0.383 e. The molecular weight excluding hydrogens is 216 g/mol. The average Bonchev–Trinajstić information content (AvgIpc) is 2.35. The van der Waals surface area contributed by atoms with Gasteiger partial charge in [-0.1, -0.05) is 0 Å². The van der Waals surface area contributed by atoms with Gasteiger partial charge in [0.2, 0.25) is 0 Å². The molecule has 6 heteroatoms. The fourth-order valence-electron chi connectivity index (χ4n) is 1.75. The first kappa shape index (κ1) is 11.4. The Morgan fingerprint density at radius 3 is 2.65 bits per heavy atom. The highest BCUT2D eigenvalue weighted by Gasteiger charge is 2.19. The maximum atomic E-state index is 5.89. The van der Waals surface area contributed by atoms with Gasteiger partial charge in [0.05, 0.1) is 11.7 Å². The summed E-state index contributed by atoms with van der Waals surface area (Å²) in [6.07, 6.45) is 4.80. The maximum Gasteiger partial charge on any atom is 0.128 e. The van der Waals surface area contributed by atoms with Gasteiger partial charge < -0.3 is 5.73 Å². The van der Waals surface area contributed by atoms with Crippen molar-refractivity contribution in [2.45, 2.75) is 13.0 Å². The molecule has 1 unspecified atom stereocenters. The van der Waals surface area contributed by atoms with Crippen molar-refractivity contribution in [2.75, 3.05) is 5.73 Å². The number of hydrazine groups is 1. The number of hydrogen-bond donors (Lipinski definition) is 3. The van der Waals surface area contributed by atoms with E-state index in [9.17, 15) is 0 Å². The van der Waals surface area contributed by atoms with Crippen LogP contribution >= 0.6 is 0 Å². The fourth-order valence-corrected chi connectivity index (χ4v) is 1.75. The van der Waals surface area contributed by atoms with Crippen LogP contribution in [0.15, 0.2) is 30.9 Å². The molecule has 0 bridgehead atoms. The molecule has 0 aromatic carbocycles. The van der Waals surface area contributed by atoms with Crippen molar-refractivity contribution in [3.8, 4) is 0 Å². The third-order valence-electron chi connectivity index (χ3n) is 2.59. The molecule has 0 amide bonds. The quantitative estimate of drug-likeness (QED) is 0.518. The van der Waals surface area contributed by atoms with Crippen molar-refractivity contribution >= 4 is 5.82 Å². The van der Waals surface area contributed by atoms with E-state index >= 15 is 0 Å². The van der Waals surface area contributed by atoms with Crippen molar-refractivity contribution in [3.63, 3.8) is 0 Å². The van der Waals surface area contributed by atoms with Crippen molar-refractivity contribution in [2.24, 2.45) is 5.84 Å². The highest BCUT2D eigenvalue weighted by atomic mass is 15.2. The lowest BCUT2D eigenvalue weighted by atomic mass is 10.0. The maximum absolute atomic E-state index is 5.89. The van der Waals surface area contributed by atoms with E-state index in [1.165, 1.54) is 6.33 Å². The Labute approximate surface area is 99.1 Å². The minimum absolute atomic E-state index is 0.285. The van der Waals surface area contributed by atoms with Gasteiger partial charge in [-0.15, -0.1) is 0 Å². The number of nitrogens with zero attached hydrogens (tertiary/aromatic N) is 3. The van der Waals surface area contributed by atoms with Crippen LogP contribution in [0.2, 0.25) is 0 Å². The zero-order valence-corrected chi connectivity index (χ0v) is 9.46. The molecule has 2 rings (SSSR count). The second-order valence-corrected chi connectivity index (χ2v) is 3.66. The number of rotatable bonds is 3. The van der Waals surface area contributed by atoms with E-state index in [-0.39, 0.29) is 6.04 Å². The highest BCUT2D eigenvalue weighted by molar-refractivity contribution is 5.48. The Morgan fingerprint density at radius 1 is 1.24 bits per heavy atom. The minimum Gasteiger partial charge on any atom is -0.383 e. The summed E-state index contributed by atoms with van der Waals surface area (Å²) in [5.74, 6) is 6.03. The molecule has 0 saturated carbocycles. The molecule has 0 fully saturated rings. The topological polar surface area (TPSA) is 103 Å². The number of hydrogen-bond acceptors (Lipinski definition) is 6. The molecular formula is C11H14N6. The van der Waals surface area contributed by atoms with Gasteiger partial charge in [0.15, 0.2) is 0 Å². The second kappa shape index (κ2) is 4.86. The van der Waals surface area contributed by atoms with E-state index in [0.29, 0.717) is 5.82 Å². The molecule has 2 heterocycles. The zero-order chi connectivity index (χ0) is 12.3. The standard InChI is InChI=1S/C11H14N6/c1-7-2-5-15-11(12)9(7)10(17-13)8-3-4-14-6-16-8/h2-6,10,17H,13H2,1H3,(H2,12,15). The van der Waals surface area contributed by atoms with Gasteiger partial charge in [-0.3, -0.25) is 5.84 Å². The van der Waals surface area contributed by atoms with Gasteiger partial charge >= 0.3 is 0 Å². The number of aryl methyl sites for hydroxylation is 1. The van der Waals surface area contributed by atoms with E-state index in [2.05, 4.69) is 20.4 Å². The summed E-state index contributed by atoms with van der Waals surface area (Å²) in [4.78, 5) is 12.1. The summed E-state index contributed by atoms with van der Waals surface area (Å²) < 4.78 is 0. The first-order chi connectivity index (χ1) is 8.24. The molecule has 0 radical (unpaired) electrons. The van der Waals surface area contributed by atoms with E-state index in [0.717, 1.165) is 16.8 Å². The average molecular weight is 230 g/mol. The summed E-state index contributed by atoms with van der Waals surface area (Å²) in [6, 6.07) is 3.39. The van der Waals surface area contributed by atoms with Crippen LogP contribution in [0.5, 0.6) is 0 Å². The number of aromatic nitrogens is 3. The van der Waals surface area contributed by atoms with E-state index in [4.69, 9.17) is 11.6 Å². The first-order valence-electron chi connectivity index (χ1n) is 5.17. The summed E-state index contributed by atoms with van der Waals surface area (Å²) in [6.45, 7) is 1.96. The minimum atomic E-state index is -0.285. The lowest BCUT2D eigenvalue weighted by Crippen LogP contribution is -2.31. The molecule has 1 atom stereocenters. The van der Waals surface area contributed by atoms with Crippen LogP contribution in [0, 0.1) is 6.92 Å². The normalized spacial score (nSPS) is 12.4. The Morgan fingerprint density at radius 2 is 2.06 bits per heavy atom. The predicted molar refractivity (Wildman–Crippen MR) is 64.6 cm³/mol. The van der Waals surface area contributed by atoms with E-state index < -0.39 is 0 Å². The van der Waals surface area contributed by atoms with Gasteiger partial charge in [0, 0.05) is 18.0 Å². The molecule has 88 valence electrons. The number of nitrogens with one attached hydrogen (secondary N) is 1. The predicted octanol–water partition coefficient (Wildman–Crippen LogP) is 0.315. The van der Waals surface area contributed by atoms with Gasteiger partial charge in [-0.2, -0.15) is 0 Å². The van der Waals surface area contributed by atoms with E-state index in [1.807, 2.05) is 13.0 Å². The lowest BCUT2D eigenvalue weighted by molar-refractivity contribution is 0.615. The lowest BCUT2D eigenvalue weighted by Gasteiger charge is -2.18. The molecule has 0 aliphatic rings. The molecule has 0 aliphatic carbocycles. The molecule has 2 aromatic rings. The number of nitrogens with two attached hydrogens (primary N) is 2. The van der Waals surface area contributed by atoms with Crippen LogP contribution < -0.4 is 17.0 Å². The third-order valence-corrected chi connectivity index (χ3v) is 2.59. The molecule has 0 aliphatic heterocycles. The van der Waals surface area contributed by atoms with Gasteiger partial charge in [0.1, 0.15) is 12.1 Å². The molecule has 5 N–H and O–H groups in total. The molecule has 0 saturated heterocycles. The second-order valence-electron chi connectivity index (χ2n) is 3.66. The smallest absolute Gasteiger partial charge is 0.128 e. The van der Waals surface area contributed by atoms with Crippen molar-refractivity contribution in [3.05, 3.63) is 47.7 Å². The van der Waals surface area contributed by atoms with Crippen LogP contribution in [0.25, 0.3) is 0 Å². The fraction of sp³-hybridized carbons (Fsp3) is 0.182. The highest BCUT2D eigenvalue weighted by Crippen LogP contribution is 2.26. The van der Waals surface area contributed by atoms with Gasteiger partial charge in [-0.25, -0.2) is 20.4 Å². The van der Waals surface area contributed by atoms with Crippen LogP contribution in [0.4, 0.5) is 5.82 Å². The Hall–Kier alpha value is -2.05. The van der Waals surface area contributed by atoms with Crippen LogP contribution in [-0.4, -0.2) is 15.0 Å². The summed E-state index contributed by atoms with van der Waals surface area (Å²) in [5, 5.41) is 0. The molecule has 6 nitrogen and oxygen atoms in total.